The van der Waals surface area contributed by atoms with Crippen LogP contribution in [-0.2, 0) is 20.2 Å². The monoisotopic (exact) mass is 442 g/mol. The van der Waals surface area contributed by atoms with Gasteiger partial charge in [-0.05, 0) is 46.5 Å². The molecule has 30 heavy (non-hydrogen) atoms. The standard InChI is InChI=1S/C22H18O6S2/c23-29(24,25)21-5-1-3-19(15-21)13-11-17-7-9-18(10-8-17)12-14-20-4-2-6-22(16-20)30(26,27)28/h1-16H,(H,23,24,25)(H,26,27,28)/b13-11+,14-12+. The molecule has 0 radical (unpaired) electrons. The van der Waals surface area contributed by atoms with Gasteiger partial charge >= 0.3 is 0 Å². The van der Waals surface area contributed by atoms with Gasteiger partial charge in [-0.15, -0.1) is 0 Å². The molecule has 154 valence electrons. The molecule has 0 saturated heterocycles. The highest BCUT2D eigenvalue weighted by Crippen LogP contribution is 2.16. The van der Waals surface area contributed by atoms with Crippen LogP contribution in [0.2, 0.25) is 0 Å². The maximum absolute atomic E-state index is 11.2. The van der Waals surface area contributed by atoms with Crippen LogP contribution in [0.5, 0.6) is 0 Å². The molecule has 0 saturated carbocycles. The molecule has 0 aliphatic carbocycles. The van der Waals surface area contributed by atoms with Crippen molar-refractivity contribution >= 4 is 44.5 Å². The molecule has 0 heterocycles. The van der Waals surface area contributed by atoms with E-state index < -0.39 is 20.2 Å². The van der Waals surface area contributed by atoms with E-state index in [4.69, 9.17) is 9.11 Å². The van der Waals surface area contributed by atoms with Crippen molar-refractivity contribution in [2.24, 2.45) is 0 Å². The van der Waals surface area contributed by atoms with Crippen molar-refractivity contribution in [3.63, 3.8) is 0 Å². The average molecular weight is 443 g/mol. The highest BCUT2D eigenvalue weighted by Gasteiger charge is 2.09. The van der Waals surface area contributed by atoms with Gasteiger partial charge in [-0.3, -0.25) is 9.11 Å². The van der Waals surface area contributed by atoms with Gasteiger partial charge in [0.1, 0.15) is 0 Å². The summed E-state index contributed by atoms with van der Waals surface area (Å²) in [5.74, 6) is 0. The largest absolute Gasteiger partial charge is 0.294 e. The molecule has 0 fully saturated rings. The van der Waals surface area contributed by atoms with Crippen LogP contribution in [0.15, 0.2) is 82.6 Å². The van der Waals surface area contributed by atoms with E-state index in [0.717, 1.165) is 11.1 Å². The van der Waals surface area contributed by atoms with Crippen LogP contribution < -0.4 is 0 Å². The maximum atomic E-state index is 11.2. The van der Waals surface area contributed by atoms with Crippen molar-refractivity contribution in [1.82, 2.24) is 0 Å². The quantitative estimate of drug-likeness (QED) is 0.429. The van der Waals surface area contributed by atoms with Crippen molar-refractivity contribution in [3.05, 3.63) is 95.1 Å². The Balaban J connectivity index is 1.73. The van der Waals surface area contributed by atoms with E-state index in [1.807, 2.05) is 36.4 Å². The normalized spacial score (nSPS) is 12.6. The molecule has 0 aromatic heterocycles. The Morgan fingerprint density at radius 3 is 1.17 bits per heavy atom. The van der Waals surface area contributed by atoms with Gasteiger partial charge in [0.25, 0.3) is 20.2 Å². The van der Waals surface area contributed by atoms with E-state index in [9.17, 15) is 16.8 Å². The SMILES string of the molecule is O=S(=O)(O)c1cccc(/C=C/c2ccc(/C=C/c3cccc(S(=O)(=O)O)c3)cc2)c1. The van der Waals surface area contributed by atoms with Crippen LogP contribution in [0.4, 0.5) is 0 Å². The molecule has 3 aromatic carbocycles. The zero-order valence-corrected chi connectivity index (χ0v) is 17.2. The fourth-order valence-electron chi connectivity index (χ4n) is 2.66. The van der Waals surface area contributed by atoms with E-state index in [2.05, 4.69) is 0 Å². The summed E-state index contributed by atoms with van der Waals surface area (Å²) in [6, 6.07) is 19.4. The van der Waals surface area contributed by atoms with Gasteiger partial charge in [-0.1, -0.05) is 72.8 Å². The van der Waals surface area contributed by atoms with Gasteiger partial charge in [0.15, 0.2) is 0 Å². The lowest BCUT2D eigenvalue weighted by Gasteiger charge is -2.00. The molecule has 0 aliphatic heterocycles. The van der Waals surface area contributed by atoms with E-state index in [1.54, 1.807) is 36.4 Å². The topological polar surface area (TPSA) is 109 Å². The number of hydrogen-bond acceptors (Lipinski definition) is 4. The lowest BCUT2D eigenvalue weighted by molar-refractivity contribution is 0.481. The number of hydrogen-bond donors (Lipinski definition) is 2. The summed E-state index contributed by atoms with van der Waals surface area (Å²) in [6.45, 7) is 0. The first-order valence-corrected chi connectivity index (χ1v) is 11.6. The molecular weight excluding hydrogens is 424 g/mol. The molecule has 0 bridgehead atoms. The summed E-state index contributed by atoms with van der Waals surface area (Å²) in [5.41, 5.74) is 3.04. The molecule has 6 nitrogen and oxygen atoms in total. The van der Waals surface area contributed by atoms with Gasteiger partial charge < -0.3 is 0 Å². The Hall–Kier alpha value is -3.04. The minimum absolute atomic E-state index is 0.164. The minimum Gasteiger partial charge on any atom is -0.282 e. The highest BCUT2D eigenvalue weighted by molar-refractivity contribution is 7.86. The van der Waals surface area contributed by atoms with Crippen LogP contribution in [0.1, 0.15) is 22.3 Å². The number of rotatable bonds is 6. The lowest BCUT2D eigenvalue weighted by Crippen LogP contribution is -1.97. The maximum Gasteiger partial charge on any atom is 0.294 e. The minimum atomic E-state index is -4.24. The molecule has 3 rings (SSSR count). The Morgan fingerprint density at radius 1 is 0.500 bits per heavy atom. The molecule has 0 aliphatic rings. The second-order valence-electron chi connectivity index (χ2n) is 6.43. The van der Waals surface area contributed by atoms with Crippen molar-refractivity contribution in [1.29, 1.82) is 0 Å². The van der Waals surface area contributed by atoms with Crippen molar-refractivity contribution in [3.8, 4) is 0 Å². The van der Waals surface area contributed by atoms with Crippen LogP contribution in [-0.4, -0.2) is 25.9 Å². The van der Waals surface area contributed by atoms with E-state index in [0.29, 0.717) is 11.1 Å². The van der Waals surface area contributed by atoms with Crippen LogP contribution in [0.3, 0.4) is 0 Å². The Kier molecular flexibility index (Phi) is 6.33. The third kappa shape index (κ3) is 5.98. The van der Waals surface area contributed by atoms with E-state index in [1.165, 1.54) is 24.3 Å². The van der Waals surface area contributed by atoms with E-state index >= 15 is 0 Å². The summed E-state index contributed by atoms with van der Waals surface area (Å²) < 4.78 is 63.1. The Labute approximate surface area is 175 Å². The van der Waals surface area contributed by atoms with Crippen molar-refractivity contribution in [2.45, 2.75) is 9.79 Å². The molecule has 8 heteroatoms. The molecule has 0 amide bonds. The highest BCUT2D eigenvalue weighted by atomic mass is 32.2. The van der Waals surface area contributed by atoms with Crippen molar-refractivity contribution < 1.29 is 25.9 Å². The smallest absolute Gasteiger partial charge is 0.282 e. The first-order chi connectivity index (χ1) is 14.1. The van der Waals surface area contributed by atoms with Gasteiger partial charge in [0, 0.05) is 0 Å². The molecule has 0 spiro atoms. The zero-order chi connectivity index (χ0) is 21.8. The van der Waals surface area contributed by atoms with Gasteiger partial charge in [-0.25, -0.2) is 0 Å². The molecule has 3 aromatic rings. The molecular formula is C22H18O6S2. The second-order valence-corrected chi connectivity index (χ2v) is 9.27. The molecule has 0 atom stereocenters. The third-order valence-corrected chi connectivity index (χ3v) is 5.88. The summed E-state index contributed by atoms with van der Waals surface area (Å²) >= 11 is 0. The predicted molar refractivity (Wildman–Crippen MR) is 117 cm³/mol. The second kappa shape index (κ2) is 8.76. The van der Waals surface area contributed by atoms with Crippen LogP contribution in [0, 0.1) is 0 Å². The van der Waals surface area contributed by atoms with E-state index in [-0.39, 0.29) is 9.79 Å². The van der Waals surface area contributed by atoms with Crippen LogP contribution >= 0.6 is 0 Å². The first kappa shape index (κ1) is 21.7. The number of benzene rings is 3. The Bertz CT molecular complexity index is 1220. The predicted octanol–water partition coefficient (Wildman–Crippen LogP) is 4.52. The average Bonchev–Trinajstić information content (AvgIpc) is 2.71. The summed E-state index contributed by atoms with van der Waals surface area (Å²) in [4.78, 5) is -0.327. The summed E-state index contributed by atoms with van der Waals surface area (Å²) in [5, 5.41) is 0. The Morgan fingerprint density at radius 2 is 0.833 bits per heavy atom. The fourth-order valence-corrected chi connectivity index (χ4v) is 3.73. The lowest BCUT2D eigenvalue weighted by atomic mass is 10.1. The summed E-state index contributed by atoms with van der Waals surface area (Å²) in [7, 11) is -8.49. The third-order valence-electron chi connectivity index (χ3n) is 4.18. The zero-order valence-electron chi connectivity index (χ0n) is 15.6. The van der Waals surface area contributed by atoms with Gasteiger partial charge in [0.2, 0.25) is 0 Å². The molecule has 0 unspecified atom stereocenters. The van der Waals surface area contributed by atoms with Gasteiger partial charge in [-0.2, -0.15) is 16.8 Å². The van der Waals surface area contributed by atoms with Gasteiger partial charge in [0.05, 0.1) is 9.79 Å². The van der Waals surface area contributed by atoms with Crippen molar-refractivity contribution in [2.75, 3.05) is 0 Å². The van der Waals surface area contributed by atoms with Crippen LogP contribution in [0.25, 0.3) is 24.3 Å². The first-order valence-electron chi connectivity index (χ1n) is 8.73. The summed E-state index contributed by atoms with van der Waals surface area (Å²) in [6.07, 6.45) is 7.10. The molecule has 2 N–H and O–H groups in total. The fraction of sp³-hybridized carbons (Fsp3) is 0.